The van der Waals surface area contributed by atoms with Gasteiger partial charge in [-0.05, 0) is 30.2 Å². The Balaban J connectivity index is 2.55. The molecule has 0 amide bonds. The molecule has 3 heteroatoms. The molecular weight excluding hydrogens is 192 g/mol. The Morgan fingerprint density at radius 3 is 2.86 bits per heavy atom. The summed E-state index contributed by atoms with van der Waals surface area (Å²) < 4.78 is 0. The van der Waals surface area contributed by atoms with Crippen LogP contribution in [0.3, 0.4) is 0 Å². The molecule has 1 aromatic heterocycles. The molecular formula is C11H14N2S. The predicted molar refractivity (Wildman–Crippen MR) is 59.3 cm³/mol. The van der Waals surface area contributed by atoms with Crippen LogP contribution in [0.15, 0.2) is 0 Å². The van der Waals surface area contributed by atoms with Crippen molar-refractivity contribution in [1.82, 2.24) is 0 Å². The van der Waals surface area contributed by atoms with Gasteiger partial charge in [-0.2, -0.15) is 5.26 Å². The first-order valence-corrected chi connectivity index (χ1v) is 5.76. The zero-order chi connectivity index (χ0) is 10.3. The number of nitrogens with two attached hydrogens (primary N) is 1. The molecule has 0 fully saturated rings. The highest BCUT2D eigenvalue weighted by Crippen LogP contribution is 2.43. The molecule has 0 aromatic carbocycles. The summed E-state index contributed by atoms with van der Waals surface area (Å²) in [6, 6.07) is 2.23. The first-order valence-electron chi connectivity index (χ1n) is 4.94. The Morgan fingerprint density at radius 1 is 1.50 bits per heavy atom. The second-order valence-corrected chi connectivity index (χ2v) is 5.33. The van der Waals surface area contributed by atoms with Crippen LogP contribution in [0.2, 0.25) is 0 Å². The Labute approximate surface area is 88.4 Å². The second kappa shape index (κ2) is 3.29. The molecule has 2 nitrogen and oxygen atoms in total. The van der Waals surface area contributed by atoms with Gasteiger partial charge in [0.2, 0.25) is 0 Å². The minimum atomic E-state index is 0.572. The summed E-state index contributed by atoms with van der Waals surface area (Å²) in [6.07, 6.45) is 2.24. The van der Waals surface area contributed by atoms with Gasteiger partial charge in [-0.1, -0.05) is 13.8 Å². The molecule has 14 heavy (non-hydrogen) atoms. The van der Waals surface area contributed by atoms with E-state index in [0.717, 1.165) is 12.0 Å². The zero-order valence-corrected chi connectivity index (χ0v) is 9.32. The normalized spacial score (nSPS) is 25.5. The summed E-state index contributed by atoms with van der Waals surface area (Å²) in [5, 5.41) is 9.72. The minimum Gasteiger partial charge on any atom is -0.389 e. The molecule has 74 valence electrons. The van der Waals surface area contributed by atoms with E-state index in [1.165, 1.54) is 16.9 Å². The fraction of sp³-hybridized carbons (Fsp3) is 0.545. The third-order valence-corrected chi connectivity index (χ3v) is 4.23. The highest BCUT2D eigenvalue weighted by atomic mass is 32.1. The topological polar surface area (TPSA) is 49.8 Å². The van der Waals surface area contributed by atoms with Gasteiger partial charge >= 0.3 is 0 Å². The lowest BCUT2D eigenvalue weighted by atomic mass is 9.82. The second-order valence-electron chi connectivity index (χ2n) is 4.24. The van der Waals surface area contributed by atoms with Gasteiger partial charge in [0.15, 0.2) is 0 Å². The van der Waals surface area contributed by atoms with E-state index < -0.39 is 0 Å². The molecule has 1 aliphatic carbocycles. The van der Waals surface area contributed by atoms with Crippen molar-refractivity contribution < 1.29 is 0 Å². The quantitative estimate of drug-likeness (QED) is 0.709. The molecule has 0 aliphatic heterocycles. The fourth-order valence-electron chi connectivity index (χ4n) is 2.37. The van der Waals surface area contributed by atoms with Crippen LogP contribution >= 0.6 is 11.3 Å². The van der Waals surface area contributed by atoms with E-state index in [0.29, 0.717) is 16.8 Å². The number of fused-ring (bicyclic) bond motifs is 1. The highest BCUT2D eigenvalue weighted by molar-refractivity contribution is 7.16. The third kappa shape index (κ3) is 1.31. The van der Waals surface area contributed by atoms with Crippen molar-refractivity contribution in [1.29, 1.82) is 5.26 Å². The van der Waals surface area contributed by atoms with Gasteiger partial charge in [0.25, 0.3) is 0 Å². The van der Waals surface area contributed by atoms with Gasteiger partial charge in [-0.15, -0.1) is 11.3 Å². The smallest absolute Gasteiger partial charge is 0.104 e. The van der Waals surface area contributed by atoms with Crippen LogP contribution in [-0.2, 0) is 6.42 Å². The molecule has 0 unspecified atom stereocenters. The highest BCUT2D eigenvalue weighted by Gasteiger charge is 2.27. The maximum atomic E-state index is 9.01. The molecule has 2 N–H and O–H groups in total. The Bertz CT molecular complexity index is 400. The average Bonchev–Trinajstić information content (AvgIpc) is 2.41. The molecule has 0 spiro atoms. The molecule has 1 aliphatic rings. The molecule has 0 radical (unpaired) electrons. The summed E-state index contributed by atoms with van der Waals surface area (Å²) in [6.45, 7) is 4.47. The van der Waals surface area contributed by atoms with E-state index in [2.05, 4.69) is 19.9 Å². The Hall–Kier alpha value is -1.01. The number of nitrogens with zero attached hydrogens (tertiary/aromatic N) is 1. The molecule has 2 rings (SSSR count). The van der Waals surface area contributed by atoms with Crippen molar-refractivity contribution in [3.05, 3.63) is 16.0 Å². The van der Waals surface area contributed by atoms with Crippen LogP contribution in [0.25, 0.3) is 0 Å². The predicted octanol–water partition coefficient (Wildman–Crippen LogP) is 2.89. The number of nitriles is 1. The summed E-state index contributed by atoms with van der Waals surface area (Å²) in [5.74, 6) is 1.25. The third-order valence-electron chi connectivity index (χ3n) is 2.93. The van der Waals surface area contributed by atoms with E-state index >= 15 is 0 Å². The standard InChI is InChI=1S/C11H14N2S/c1-6-3-7(2)10-8(4-6)9(5-12)11(13)14-10/h6-7H,3-4,13H2,1-2H3/t6-,7-/m0/s1. The average molecular weight is 206 g/mol. The van der Waals surface area contributed by atoms with E-state index in [4.69, 9.17) is 11.0 Å². The molecule has 2 atom stereocenters. The van der Waals surface area contributed by atoms with Gasteiger partial charge in [0.05, 0.1) is 5.56 Å². The molecule has 1 heterocycles. The lowest BCUT2D eigenvalue weighted by Gasteiger charge is -2.24. The Morgan fingerprint density at radius 2 is 2.21 bits per heavy atom. The van der Waals surface area contributed by atoms with Gasteiger partial charge < -0.3 is 5.73 Å². The first kappa shape index (κ1) is 9.54. The number of anilines is 1. The van der Waals surface area contributed by atoms with Crippen molar-refractivity contribution in [2.75, 3.05) is 5.73 Å². The molecule has 1 aromatic rings. The molecule has 0 saturated carbocycles. The summed E-state index contributed by atoms with van der Waals surface area (Å²) in [5.41, 5.74) is 7.80. The number of hydrogen-bond donors (Lipinski definition) is 1. The SMILES string of the molecule is C[C@@H]1Cc2c(sc(N)c2C#N)[C@@H](C)C1. The number of hydrogen-bond acceptors (Lipinski definition) is 3. The first-order chi connectivity index (χ1) is 6.63. The van der Waals surface area contributed by atoms with Crippen LogP contribution in [0, 0.1) is 17.2 Å². The number of thiophene rings is 1. The number of rotatable bonds is 0. The van der Waals surface area contributed by atoms with Crippen LogP contribution in [0.1, 0.15) is 42.2 Å². The monoisotopic (exact) mass is 206 g/mol. The van der Waals surface area contributed by atoms with Crippen LogP contribution in [-0.4, -0.2) is 0 Å². The van der Waals surface area contributed by atoms with Gasteiger partial charge in [0, 0.05) is 4.88 Å². The summed E-state index contributed by atoms with van der Waals surface area (Å²) in [7, 11) is 0. The van der Waals surface area contributed by atoms with Crippen molar-refractivity contribution in [3.8, 4) is 6.07 Å². The fourth-order valence-corrected chi connectivity index (χ4v) is 3.48. The van der Waals surface area contributed by atoms with Crippen molar-refractivity contribution in [2.24, 2.45) is 5.92 Å². The van der Waals surface area contributed by atoms with E-state index in [1.807, 2.05) is 0 Å². The van der Waals surface area contributed by atoms with Crippen molar-refractivity contribution >= 4 is 16.3 Å². The molecule has 0 saturated heterocycles. The van der Waals surface area contributed by atoms with E-state index in [1.54, 1.807) is 11.3 Å². The van der Waals surface area contributed by atoms with Crippen molar-refractivity contribution in [3.63, 3.8) is 0 Å². The minimum absolute atomic E-state index is 0.572. The summed E-state index contributed by atoms with van der Waals surface area (Å²) in [4.78, 5) is 1.34. The maximum Gasteiger partial charge on any atom is 0.104 e. The molecule has 0 bridgehead atoms. The van der Waals surface area contributed by atoms with Crippen LogP contribution in [0.5, 0.6) is 0 Å². The lowest BCUT2D eigenvalue weighted by molar-refractivity contribution is 0.456. The largest absolute Gasteiger partial charge is 0.389 e. The van der Waals surface area contributed by atoms with Crippen LogP contribution in [0.4, 0.5) is 5.00 Å². The summed E-state index contributed by atoms with van der Waals surface area (Å²) >= 11 is 1.61. The van der Waals surface area contributed by atoms with E-state index in [-0.39, 0.29) is 0 Å². The maximum absolute atomic E-state index is 9.01. The van der Waals surface area contributed by atoms with Gasteiger partial charge in [0.1, 0.15) is 11.1 Å². The van der Waals surface area contributed by atoms with E-state index in [9.17, 15) is 0 Å². The number of nitrogen functional groups attached to an aromatic ring is 1. The zero-order valence-electron chi connectivity index (χ0n) is 8.50. The van der Waals surface area contributed by atoms with Crippen LogP contribution < -0.4 is 5.73 Å². The van der Waals surface area contributed by atoms with Gasteiger partial charge in [-0.3, -0.25) is 0 Å². The van der Waals surface area contributed by atoms with Gasteiger partial charge in [-0.25, -0.2) is 0 Å². The Kier molecular flexibility index (Phi) is 2.24. The lowest BCUT2D eigenvalue weighted by Crippen LogP contribution is -2.13. The van der Waals surface area contributed by atoms with Crippen molar-refractivity contribution in [2.45, 2.75) is 32.6 Å².